The molecule has 1 amide bonds. The van der Waals surface area contributed by atoms with Crippen molar-refractivity contribution in [2.75, 3.05) is 23.3 Å². The predicted molar refractivity (Wildman–Crippen MR) is 87.0 cm³/mol. The van der Waals surface area contributed by atoms with Gasteiger partial charge in [-0.1, -0.05) is 17.7 Å². The van der Waals surface area contributed by atoms with Crippen LogP contribution in [0.2, 0.25) is 5.02 Å². The summed E-state index contributed by atoms with van der Waals surface area (Å²) in [6.45, 7) is 1.34. The predicted octanol–water partition coefficient (Wildman–Crippen LogP) is 3.12. The van der Waals surface area contributed by atoms with Crippen LogP contribution in [0.25, 0.3) is 0 Å². The van der Waals surface area contributed by atoms with Crippen LogP contribution in [0.1, 0.15) is 12.8 Å². The molecule has 1 fully saturated rings. The normalized spacial score (nSPS) is 15.5. The molecule has 0 atom stereocenters. The van der Waals surface area contributed by atoms with E-state index in [1.165, 1.54) is 12.3 Å². The highest BCUT2D eigenvalue weighted by atomic mass is 35.5. The molecule has 7 heteroatoms. The van der Waals surface area contributed by atoms with E-state index in [4.69, 9.17) is 11.6 Å². The van der Waals surface area contributed by atoms with Gasteiger partial charge in [-0.3, -0.25) is 4.79 Å². The molecule has 0 saturated carbocycles. The highest BCUT2D eigenvalue weighted by molar-refractivity contribution is 6.30. The summed E-state index contributed by atoms with van der Waals surface area (Å²) < 4.78 is 13.2. The Labute approximate surface area is 138 Å². The van der Waals surface area contributed by atoms with Crippen LogP contribution >= 0.6 is 11.6 Å². The molecule has 0 radical (unpaired) electrons. The van der Waals surface area contributed by atoms with Crippen molar-refractivity contribution in [1.29, 1.82) is 0 Å². The van der Waals surface area contributed by atoms with Gasteiger partial charge in [0.1, 0.15) is 11.6 Å². The van der Waals surface area contributed by atoms with E-state index in [0.29, 0.717) is 42.6 Å². The molecule has 3 heterocycles. The zero-order valence-electron chi connectivity index (χ0n) is 12.4. The molecule has 0 bridgehead atoms. The van der Waals surface area contributed by atoms with Crippen LogP contribution in [-0.4, -0.2) is 29.0 Å². The second-order valence-electron chi connectivity index (χ2n) is 5.43. The summed E-state index contributed by atoms with van der Waals surface area (Å²) >= 11 is 5.77. The number of amides is 1. The summed E-state index contributed by atoms with van der Waals surface area (Å²) in [5.74, 6) is 0.483. The van der Waals surface area contributed by atoms with Crippen molar-refractivity contribution < 1.29 is 9.18 Å². The van der Waals surface area contributed by atoms with E-state index >= 15 is 0 Å². The zero-order valence-corrected chi connectivity index (χ0v) is 13.1. The summed E-state index contributed by atoms with van der Waals surface area (Å²) in [7, 11) is 0. The van der Waals surface area contributed by atoms with Crippen LogP contribution in [0.4, 0.5) is 16.0 Å². The molecule has 1 aliphatic heterocycles. The van der Waals surface area contributed by atoms with E-state index in [1.54, 1.807) is 24.3 Å². The van der Waals surface area contributed by atoms with Crippen molar-refractivity contribution in [1.82, 2.24) is 9.97 Å². The number of nitrogens with one attached hydrogen (secondary N) is 1. The summed E-state index contributed by atoms with van der Waals surface area (Å²) in [5, 5.41) is 3.33. The van der Waals surface area contributed by atoms with Crippen molar-refractivity contribution >= 4 is 29.1 Å². The summed E-state index contributed by atoms with van der Waals surface area (Å²) in [4.78, 5) is 22.2. The monoisotopic (exact) mass is 334 g/mol. The molecule has 120 valence electrons. The van der Waals surface area contributed by atoms with Gasteiger partial charge < -0.3 is 10.2 Å². The first-order valence-corrected chi connectivity index (χ1v) is 7.79. The Balaban J connectivity index is 1.56. The quantitative estimate of drug-likeness (QED) is 0.876. The lowest BCUT2D eigenvalue weighted by atomic mass is 9.96. The Kier molecular flexibility index (Phi) is 4.71. The van der Waals surface area contributed by atoms with Crippen molar-refractivity contribution in [3.8, 4) is 0 Å². The van der Waals surface area contributed by atoms with Gasteiger partial charge in [0.15, 0.2) is 0 Å². The highest BCUT2D eigenvalue weighted by Gasteiger charge is 2.26. The second-order valence-corrected chi connectivity index (χ2v) is 5.87. The maximum absolute atomic E-state index is 13.2. The second kappa shape index (κ2) is 6.91. The third-order valence-corrected chi connectivity index (χ3v) is 4.09. The Hall–Kier alpha value is -2.21. The summed E-state index contributed by atoms with van der Waals surface area (Å²) in [5.41, 5.74) is 0. The van der Waals surface area contributed by atoms with Gasteiger partial charge in [0.05, 0.1) is 5.02 Å². The lowest BCUT2D eigenvalue weighted by Crippen LogP contribution is -2.38. The SMILES string of the molecule is O=C(Nc1ccc(Cl)cn1)C1CCN(c2cccc(F)n2)CC1. The van der Waals surface area contributed by atoms with Gasteiger partial charge in [0, 0.05) is 25.2 Å². The standard InChI is InChI=1S/C16H16ClFN4O/c17-12-4-5-14(19-10-12)21-16(23)11-6-8-22(9-7-11)15-3-1-2-13(18)20-15/h1-5,10-11H,6-9H2,(H,19,21,23). The van der Waals surface area contributed by atoms with Crippen LogP contribution in [0, 0.1) is 11.9 Å². The van der Waals surface area contributed by atoms with Gasteiger partial charge in [-0.2, -0.15) is 4.39 Å². The number of pyridine rings is 2. The van der Waals surface area contributed by atoms with E-state index in [9.17, 15) is 9.18 Å². The minimum Gasteiger partial charge on any atom is -0.356 e. The highest BCUT2D eigenvalue weighted by Crippen LogP contribution is 2.23. The average molecular weight is 335 g/mol. The molecular formula is C16H16ClFN4O. The van der Waals surface area contributed by atoms with Crippen LogP contribution in [0.15, 0.2) is 36.5 Å². The number of aromatic nitrogens is 2. The summed E-state index contributed by atoms with van der Waals surface area (Å²) in [6, 6.07) is 8.10. The lowest BCUT2D eigenvalue weighted by Gasteiger charge is -2.32. The zero-order chi connectivity index (χ0) is 16.2. The van der Waals surface area contributed by atoms with Crippen LogP contribution in [0.5, 0.6) is 0 Å². The minimum atomic E-state index is -0.490. The number of carbonyl (C=O) groups is 1. The van der Waals surface area contributed by atoms with E-state index < -0.39 is 5.95 Å². The van der Waals surface area contributed by atoms with Crippen LogP contribution in [-0.2, 0) is 4.79 Å². The first kappa shape index (κ1) is 15.7. The van der Waals surface area contributed by atoms with Crippen LogP contribution < -0.4 is 10.2 Å². The van der Waals surface area contributed by atoms with Gasteiger partial charge in [-0.25, -0.2) is 9.97 Å². The fourth-order valence-electron chi connectivity index (χ4n) is 2.62. The third-order valence-electron chi connectivity index (χ3n) is 3.87. The number of halogens is 2. The number of carbonyl (C=O) groups excluding carboxylic acids is 1. The number of hydrogen-bond donors (Lipinski definition) is 1. The number of nitrogens with zero attached hydrogens (tertiary/aromatic N) is 3. The Morgan fingerprint density at radius 3 is 2.70 bits per heavy atom. The largest absolute Gasteiger partial charge is 0.356 e. The van der Waals surface area contributed by atoms with E-state index in [0.717, 1.165) is 0 Å². The average Bonchev–Trinajstić information content (AvgIpc) is 2.57. The maximum Gasteiger partial charge on any atom is 0.228 e. The molecule has 5 nitrogen and oxygen atoms in total. The van der Waals surface area contributed by atoms with Gasteiger partial charge in [-0.05, 0) is 37.1 Å². The fourth-order valence-corrected chi connectivity index (χ4v) is 2.73. The van der Waals surface area contributed by atoms with E-state index in [2.05, 4.69) is 15.3 Å². The molecular weight excluding hydrogens is 319 g/mol. The molecule has 2 aromatic rings. The number of piperidine rings is 1. The van der Waals surface area contributed by atoms with Crippen molar-refractivity contribution in [3.05, 3.63) is 47.5 Å². The first-order chi connectivity index (χ1) is 11.1. The Morgan fingerprint density at radius 1 is 1.26 bits per heavy atom. The molecule has 0 unspecified atom stereocenters. The Morgan fingerprint density at radius 2 is 2.04 bits per heavy atom. The number of anilines is 2. The molecule has 23 heavy (non-hydrogen) atoms. The van der Waals surface area contributed by atoms with Gasteiger partial charge in [-0.15, -0.1) is 0 Å². The smallest absolute Gasteiger partial charge is 0.228 e. The van der Waals surface area contributed by atoms with Crippen molar-refractivity contribution in [2.45, 2.75) is 12.8 Å². The molecule has 3 rings (SSSR count). The van der Waals surface area contributed by atoms with Gasteiger partial charge in [0.25, 0.3) is 0 Å². The molecule has 0 aromatic carbocycles. The van der Waals surface area contributed by atoms with Crippen LogP contribution in [0.3, 0.4) is 0 Å². The van der Waals surface area contributed by atoms with Gasteiger partial charge >= 0.3 is 0 Å². The van der Waals surface area contributed by atoms with E-state index in [-0.39, 0.29) is 11.8 Å². The number of hydrogen-bond acceptors (Lipinski definition) is 4. The third kappa shape index (κ3) is 3.96. The minimum absolute atomic E-state index is 0.0494. The van der Waals surface area contributed by atoms with E-state index in [1.807, 2.05) is 4.90 Å². The summed E-state index contributed by atoms with van der Waals surface area (Å²) in [6.07, 6.45) is 2.88. The maximum atomic E-state index is 13.2. The van der Waals surface area contributed by atoms with Gasteiger partial charge in [0.2, 0.25) is 11.9 Å². The molecule has 2 aromatic heterocycles. The molecule has 0 aliphatic carbocycles. The fraction of sp³-hybridized carbons (Fsp3) is 0.312. The molecule has 1 aliphatic rings. The molecule has 1 N–H and O–H groups in total. The van der Waals surface area contributed by atoms with Crippen molar-refractivity contribution in [3.63, 3.8) is 0 Å². The topological polar surface area (TPSA) is 58.1 Å². The molecule has 0 spiro atoms. The number of rotatable bonds is 3. The first-order valence-electron chi connectivity index (χ1n) is 7.42. The Bertz CT molecular complexity index is 687. The van der Waals surface area contributed by atoms with Crippen molar-refractivity contribution in [2.24, 2.45) is 5.92 Å². The lowest BCUT2D eigenvalue weighted by molar-refractivity contribution is -0.120. The molecule has 1 saturated heterocycles.